The highest BCUT2D eigenvalue weighted by Gasteiger charge is 2.40. The molecule has 0 amide bonds. The maximum atomic E-state index is 12.3. The van der Waals surface area contributed by atoms with E-state index in [-0.39, 0.29) is 11.6 Å². The van der Waals surface area contributed by atoms with Crippen LogP contribution in [-0.2, 0) is 9.36 Å². The van der Waals surface area contributed by atoms with Crippen molar-refractivity contribution in [2.24, 2.45) is 5.41 Å². The Labute approximate surface area is 92.6 Å². The van der Waals surface area contributed by atoms with Gasteiger partial charge in [-0.3, -0.25) is 4.79 Å². The second kappa shape index (κ2) is 4.29. The molecule has 0 heterocycles. The predicted molar refractivity (Wildman–Crippen MR) is 64.2 cm³/mol. The summed E-state index contributed by atoms with van der Waals surface area (Å²) < 4.78 is 12.3. The molecule has 90 valence electrons. The molecule has 15 heavy (non-hydrogen) atoms. The van der Waals surface area contributed by atoms with Crippen LogP contribution in [0, 0.1) is 5.41 Å². The Morgan fingerprint density at radius 1 is 1.20 bits per heavy atom. The summed E-state index contributed by atoms with van der Waals surface area (Å²) in [5.41, 5.74) is 0.0632. The Hall–Kier alpha value is -0.300. The van der Waals surface area contributed by atoms with Crippen LogP contribution in [0.1, 0.15) is 41.0 Å². The molecule has 0 saturated heterocycles. The molecule has 0 saturated carbocycles. The quantitative estimate of drug-likeness (QED) is 0.759. The lowest BCUT2D eigenvalue weighted by atomic mass is 9.86. The van der Waals surface area contributed by atoms with Crippen molar-refractivity contribution in [3.8, 4) is 0 Å². The molecular formula is C11H23O3P. The van der Waals surface area contributed by atoms with Gasteiger partial charge in [-0.25, -0.2) is 0 Å². The van der Waals surface area contributed by atoms with Crippen molar-refractivity contribution in [2.45, 2.75) is 46.2 Å². The van der Waals surface area contributed by atoms with Crippen LogP contribution >= 0.6 is 7.14 Å². The van der Waals surface area contributed by atoms with Gasteiger partial charge in [-0.1, -0.05) is 34.6 Å². The van der Waals surface area contributed by atoms with E-state index >= 15 is 0 Å². The van der Waals surface area contributed by atoms with Crippen LogP contribution < -0.4 is 0 Å². The summed E-state index contributed by atoms with van der Waals surface area (Å²) in [5, 5.41) is 8.33. The van der Waals surface area contributed by atoms with Crippen molar-refractivity contribution in [3.05, 3.63) is 0 Å². The summed E-state index contributed by atoms with van der Waals surface area (Å²) in [6.45, 7) is 11.7. The van der Waals surface area contributed by atoms with Gasteiger partial charge in [0, 0.05) is 5.16 Å². The number of carbonyl (C=O) groups is 1. The second-order valence-electron chi connectivity index (χ2n) is 6.20. The number of carboxylic acids is 1. The molecule has 3 nitrogen and oxygen atoms in total. The van der Waals surface area contributed by atoms with Crippen LogP contribution in [0.4, 0.5) is 0 Å². The fraction of sp³-hybridized carbons (Fsp3) is 0.909. The van der Waals surface area contributed by atoms with E-state index in [0.29, 0.717) is 0 Å². The third-order valence-corrected chi connectivity index (χ3v) is 6.27. The van der Waals surface area contributed by atoms with Crippen LogP contribution in [0.2, 0.25) is 0 Å². The zero-order valence-electron chi connectivity index (χ0n) is 10.6. The van der Waals surface area contributed by atoms with Crippen molar-refractivity contribution in [1.29, 1.82) is 0 Å². The van der Waals surface area contributed by atoms with Gasteiger partial charge in [0.1, 0.15) is 7.14 Å². The molecule has 0 unspecified atom stereocenters. The minimum Gasteiger partial charge on any atom is -0.481 e. The van der Waals surface area contributed by atoms with E-state index in [1.807, 2.05) is 13.8 Å². The van der Waals surface area contributed by atoms with Crippen molar-refractivity contribution >= 4 is 13.1 Å². The van der Waals surface area contributed by atoms with Crippen LogP contribution in [0.3, 0.4) is 0 Å². The lowest BCUT2D eigenvalue weighted by Gasteiger charge is -2.36. The van der Waals surface area contributed by atoms with E-state index in [4.69, 9.17) is 5.11 Å². The van der Waals surface area contributed by atoms with Crippen LogP contribution in [0.25, 0.3) is 0 Å². The molecule has 1 N–H and O–H groups in total. The van der Waals surface area contributed by atoms with Crippen molar-refractivity contribution in [1.82, 2.24) is 0 Å². The first-order valence-corrected chi connectivity index (χ1v) is 7.50. The van der Waals surface area contributed by atoms with Gasteiger partial charge in [0.15, 0.2) is 0 Å². The van der Waals surface area contributed by atoms with Crippen molar-refractivity contribution in [2.75, 3.05) is 12.8 Å². The topological polar surface area (TPSA) is 54.4 Å². The molecule has 1 atom stereocenters. The van der Waals surface area contributed by atoms with Crippen LogP contribution in [0.5, 0.6) is 0 Å². The third kappa shape index (κ3) is 4.83. The molecule has 0 aliphatic heterocycles. The van der Waals surface area contributed by atoms with E-state index < -0.39 is 18.3 Å². The molecule has 0 aliphatic rings. The van der Waals surface area contributed by atoms with Gasteiger partial charge in [0.2, 0.25) is 0 Å². The number of hydrogen-bond donors (Lipinski definition) is 1. The average molecular weight is 234 g/mol. The fourth-order valence-corrected chi connectivity index (χ4v) is 3.69. The maximum Gasteiger partial charge on any atom is 0.310 e. The summed E-state index contributed by atoms with van der Waals surface area (Å²) in [7, 11) is -2.65. The summed E-state index contributed by atoms with van der Waals surface area (Å²) in [4.78, 5) is 10.7. The monoisotopic (exact) mass is 234 g/mol. The normalized spacial score (nSPS) is 17.2. The number of rotatable bonds is 4. The number of hydrogen-bond acceptors (Lipinski definition) is 2. The van der Waals surface area contributed by atoms with Gasteiger partial charge in [0.05, 0.1) is 6.16 Å². The third-order valence-electron chi connectivity index (χ3n) is 2.68. The summed E-state index contributed by atoms with van der Waals surface area (Å²) >= 11 is 0. The van der Waals surface area contributed by atoms with Crippen LogP contribution in [-0.4, -0.2) is 29.1 Å². The molecule has 0 aromatic carbocycles. The van der Waals surface area contributed by atoms with Gasteiger partial charge in [-0.05, 0) is 18.5 Å². The molecule has 0 radical (unpaired) electrons. The van der Waals surface area contributed by atoms with E-state index in [2.05, 4.69) is 20.8 Å². The molecule has 0 rings (SSSR count). The van der Waals surface area contributed by atoms with E-state index in [1.54, 1.807) is 6.66 Å². The number of aliphatic carboxylic acids is 1. The zero-order valence-corrected chi connectivity index (χ0v) is 11.5. The Balaban J connectivity index is 4.85. The van der Waals surface area contributed by atoms with Crippen molar-refractivity contribution in [3.63, 3.8) is 0 Å². The van der Waals surface area contributed by atoms with Gasteiger partial charge < -0.3 is 9.67 Å². The van der Waals surface area contributed by atoms with Gasteiger partial charge >= 0.3 is 5.97 Å². The smallest absolute Gasteiger partial charge is 0.310 e. The van der Waals surface area contributed by atoms with Gasteiger partial charge in [-0.15, -0.1) is 0 Å². The molecule has 0 aromatic rings. The molecule has 4 heteroatoms. The molecule has 0 spiro atoms. The van der Waals surface area contributed by atoms with Crippen LogP contribution in [0.15, 0.2) is 0 Å². The molecule has 0 aliphatic carbocycles. The van der Waals surface area contributed by atoms with E-state index in [1.165, 1.54) is 0 Å². The minimum atomic E-state index is -2.65. The van der Waals surface area contributed by atoms with Gasteiger partial charge in [-0.2, -0.15) is 0 Å². The Morgan fingerprint density at radius 3 is 1.87 bits per heavy atom. The molecule has 0 fully saturated rings. The van der Waals surface area contributed by atoms with Gasteiger partial charge in [0.25, 0.3) is 0 Å². The average Bonchev–Trinajstić information content (AvgIpc) is 1.75. The van der Waals surface area contributed by atoms with Crippen molar-refractivity contribution < 1.29 is 14.5 Å². The lowest BCUT2D eigenvalue weighted by molar-refractivity contribution is -0.134. The molecule has 0 bridgehead atoms. The lowest BCUT2D eigenvalue weighted by Crippen LogP contribution is -2.29. The standard InChI is InChI=1S/C11H23O3P/c1-10(2,3)8-11(4,5)15(6,14)7-9(12)13/h7-8H2,1-6H3,(H,12,13)/t15-/m0/s1. The second-order valence-corrected chi connectivity index (χ2v) is 9.93. The Bertz CT molecular complexity index is 287. The highest BCUT2D eigenvalue weighted by Crippen LogP contribution is 2.58. The summed E-state index contributed by atoms with van der Waals surface area (Å²) in [6, 6.07) is 0. The fourth-order valence-electron chi connectivity index (χ4n) is 1.94. The minimum absolute atomic E-state index is 0.0632. The van der Waals surface area contributed by atoms with E-state index in [9.17, 15) is 9.36 Å². The Kier molecular flexibility index (Phi) is 4.20. The summed E-state index contributed by atoms with van der Waals surface area (Å²) in [5.74, 6) is -0.970. The highest BCUT2D eigenvalue weighted by atomic mass is 31.2. The molecular weight excluding hydrogens is 211 g/mol. The first-order chi connectivity index (χ1) is 6.37. The summed E-state index contributed by atoms with van der Waals surface area (Å²) in [6.07, 6.45) is 0.553. The maximum absolute atomic E-state index is 12.3. The first-order valence-electron chi connectivity index (χ1n) is 5.16. The largest absolute Gasteiger partial charge is 0.481 e. The number of carboxylic acid groups (broad SMARTS) is 1. The zero-order chi connectivity index (χ0) is 12.5. The van der Waals surface area contributed by atoms with E-state index in [0.717, 1.165) is 6.42 Å². The highest BCUT2D eigenvalue weighted by molar-refractivity contribution is 7.65. The molecule has 0 aromatic heterocycles. The predicted octanol–water partition coefficient (Wildman–Crippen LogP) is 3.28. The SMILES string of the molecule is CC(C)(C)CC(C)(C)[P@@](C)(=O)CC(=O)O. The first kappa shape index (κ1) is 14.7. The Morgan fingerprint density at radius 2 is 1.60 bits per heavy atom.